The molecule has 1 unspecified atom stereocenters. The van der Waals surface area contributed by atoms with E-state index >= 15 is 0 Å². The molecule has 0 saturated heterocycles. The van der Waals surface area contributed by atoms with Gasteiger partial charge in [0.1, 0.15) is 5.75 Å². The molecule has 0 spiro atoms. The molecule has 4 fully saturated rings. The Bertz CT molecular complexity index is 723. The van der Waals surface area contributed by atoms with Crippen molar-refractivity contribution in [3.63, 3.8) is 0 Å². The summed E-state index contributed by atoms with van der Waals surface area (Å²) in [5, 5.41) is 11.6. The molecule has 3 heteroatoms. The maximum absolute atomic E-state index is 11.6. The van der Waals surface area contributed by atoms with Gasteiger partial charge in [0, 0.05) is 6.42 Å². The molecule has 1 radical (unpaired) electrons. The molecular weight excluding hydrogens is 372 g/mol. The molecule has 0 aromatic heterocycles. The first-order chi connectivity index (χ1) is 13.6. The molecule has 29 heavy (non-hydrogen) atoms. The Labute approximate surface area is 179 Å². The Balaban J connectivity index is 1.65. The van der Waals surface area contributed by atoms with Crippen LogP contribution < -0.4 is 4.43 Å². The fraction of sp³-hybridized carbons (Fsp3) is 0.692. The van der Waals surface area contributed by atoms with E-state index in [1.165, 1.54) is 44.1 Å². The van der Waals surface area contributed by atoms with Crippen LogP contribution in [0, 0.1) is 28.6 Å². The summed E-state index contributed by atoms with van der Waals surface area (Å²) in [5.74, 6) is 3.62. The van der Waals surface area contributed by atoms with Crippen LogP contribution in [0.5, 0.6) is 5.75 Å². The first-order valence-electron chi connectivity index (χ1n) is 11.6. The quantitative estimate of drug-likeness (QED) is 0.433. The van der Waals surface area contributed by atoms with Gasteiger partial charge >= 0.3 is 0 Å². The van der Waals surface area contributed by atoms with E-state index in [9.17, 15) is 5.11 Å². The third-order valence-electron chi connectivity index (χ3n) is 7.30. The number of rotatable bonds is 6. The summed E-state index contributed by atoms with van der Waals surface area (Å²) in [6.45, 7) is 11.2. The van der Waals surface area contributed by atoms with Crippen LogP contribution in [0.3, 0.4) is 0 Å². The molecule has 1 N–H and O–H groups in total. The average molecular weight is 412 g/mol. The predicted molar refractivity (Wildman–Crippen MR) is 122 cm³/mol. The highest BCUT2D eigenvalue weighted by Crippen LogP contribution is 2.63. The Morgan fingerprint density at radius 2 is 1.66 bits per heavy atom. The summed E-state index contributed by atoms with van der Waals surface area (Å²) in [7, 11) is -0.825. The number of aliphatic hydroxyl groups is 1. The lowest BCUT2D eigenvalue weighted by Gasteiger charge is -2.58. The molecule has 4 aliphatic carbocycles. The second-order valence-electron chi connectivity index (χ2n) is 11.5. The number of hydrogen-bond donors (Lipinski definition) is 1. The lowest BCUT2D eigenvalue weighted by atomic mass is 9.47. The summed E-state index contributed by atoms with van der Waals surface area (Å²) in [6, 6.07) is 8.32. The fourth-order valence-electron chi connectivity index (χ4n) is 6.84. The summed E-state index contributed by atoms with van der Waals surface area (Å²) in [4.78, 5) is 0. The van der Waals surface area contributed by atoms with E-state index in [0.717, 1.165) is 29.1 Å². The summed E-state index contributed by atoms with van der Waals surface area (Å²) >= 11 is 0. The lowest BCUT2D eigenvalue weighted by molar-refractivity contribution is -0.0418. The van der Waals surface area contributed by atoms with E-state index in [-0.39, 0.29) is 10.8 Å². The minimum Gasteiger partial charge on any atom is -0.542 e. The second-order valence-corrected chi connectivity index (χ2v) is 13.5. The third-order valence-corrected chi connectivity index (χ3v) is 7.93. The molecule has 0 heterocycles. The average Bonchev–Trinajstić information content (AvgIpc) is 2.59. The van der Waals surface area contributed by atoms with Crippen LogP contribution >= 0.6 is 0 Å². The van der Waals surface area contributed by atoms with Crippen molar-refractivity contribution >= 4 is 9.04 Å². The molecular formula is C26H39O2Si. The number of para-hydroxylation sites is 1. The van der Waals surface area contributed by atoms with Crippen molar-refractivity contribution in [2.75, 3.05) is 0 Å². The zero-order valence-corrected chi connectivity index (χ0v) is 20.0. The highest BCUT2D eigenvalue weighted by Gasteiger charge is 2.53. The number of allylic oxidation sites excluding steroid dienone is 1. The van der Waals surface area contributed by atoms with Crippen molar-refractivity contribution in [2.24, 2.45) is 28.6 Å². The monoisotopic (exact) mass is 411 g/mol. The third kappa shape index (κ3) is 4.66. The summed E-state index contributed by atoms with van der Waals surface area (Å²) < 4.78 is 6.15. The van der Waals surface area contributed by atoms with Crippen LogP contribution in [0.2, 0.25) is 13.1 Å². The largest absolute Gasteiger partial charge is 0.542 e. The maximum atomic E-state index is 11.6. The standard InChI is InChI=1S/C26H39O2Si/c1-25(2,3)17-22(26-14-18-10-19(15-26)12-20(11-18)16-26)23(27)13-21-8-6-7-9-24(21)28-29(4)5/h6-9,17-20,23,27H,10-16H2,1-5H3/b22-17+. The summed E-state index contributed by atoms with van der Waals surface area (Å²) in [5.41, 5.74) is 2.81. The van der Waals surface area contributed by atoms with Gasteiger partial charge in [0.2, 0.25) is 0 Å². The maximum Gasteiger partial charge on any atom is 0.274 e. The van der Waals surface area contributed by atoms with E-state index < -0.39 is 15.1 Å². The highest BCUT2D eigenvalue weighted by atomic mass is 28.3. The van der Waals surface area contributed by atoms with Gasteiger partial charge in [-0.2, -0.15) is 0 Å². The minimum absolute atomic E-state index is 0.0820. The van der Waals surface area contributed by atoms with Crippen molar-refractivity contribution < 1.29 is 9.53 Å². The molecule has 4 bridgehead atoms. The van der Waals surface area contributed by atoms with E-state index in [1.54, 1.807) is 0 Å². The molecule has 0 aliphatic heterocycles. The van der Waals surface area contributed by atoms with Crippen molar-refractivity contribution in [1.29, 1.82) is 0 Å². The van der Waals surface area contributed by atoms with Crippen molar-refractivity contribution in [3.05, 3.63) is 41.5 Å². The molecule has 159 valence electrons. The Hall–Kier alpha value is -1.06. The van der Waals surface area contributed by atoms with Gasteiger partial charge in [0.25, 0.3) is 9.04 Å². The van der Waals surface area contributed by atoms with Gasteiger partial charge in [0.15, 0.2) is 0 Å². The van der Waals surface area contributed by atoms with E-state index in [2.05, 4.69) is 58.1 Å². The minimum atomic E-state index is -0.825. The molecule has 1 aromatic rings. The zero-order chi connectivity index (χ0) is 20.8. The van der Waals surface area contributed by atoms with Crippen LogP contribution in [-0.4, -0.2) is 20.3 Å². The molecule has 1 atom stereocenters. The topological polar surface area (TPSA) is 29.5 Å². The number of aliphatic hydroxyl groups excluding tert-OH is 1. The van der Waals surface area contributed by atoms with E-state index in [1.807, 2.05) is 6.07 Å². The number of hydrogen-bond acceptors (Lipinski definition) is 2. The van der Waals surface area contributed by atoms with Gasteiger partial charge in [-0.15, -0.1) is 0 Å². The number of benzene rings is 1. The Morgan fingerprint density at radius 1 is 1.10 bits per heavy atom. The lowest BCUT2D eigenvalue weighted by Crippen LogP contribution is -2.49. The Morgan fingerprint density at radius 3 is 2.17 bits per heavy atom. The van der Waals surface area contributed by atoms with Crippen LogP contribution in [0.15, 0.2) is 35.9 Å². The van der Waals surface area contributed by atoms with Crippen molar-refractivity contribution in [2.45, 2.75) is 84.9 Å². The molecule has 1 aromatic carbocycles. The van der Waals surface area contributed by atoms with Gasteiger partial charge in [-0.05, 0) is 97.4 Å². The molecule has 2 nitrogen and oxygen atoms in total. The van der Waals surface area contributed by atoms with E-state index in [0.29, 0.717) is 6.42 Å². The smallest absolute Gasteiger partial charge is 0.274 e. The fourth-order valence-corrected chi connectivity index (χ4v) is 7.48. The SMILES string of the molecule is C[Si](C)Oc1ccccc1CC(O)/C(=C\C(C)(C)C)C12CC3CC(CC(C3)C1)C2. The summed E-state index contributed by atoms with van der Waals surface area (Å²) in [6.07, 6.45) is 10.9. The molecule has 4 saturated carbocycles. The molecule has 5 rings (SSSR count). The van der Waals surface area contributed by atoms with E-state index in [4.69, 9.17) is 4.43 Å². The first kappa shape index (κ1) is 21.2. The normalized spacial score (nSPS) is 32.7. The van der Waals surface area contributed by atoms with Crippen LogP contribution in [0.25, 0.3) is 0 Å². The molecule has 4 aliphatic rings. The van der Waals surface area contributed by atoms with Crippen LogP contribution in [-0.2, 0) is 6.42 Å². The van der Waals surface area contributed by atoms with Crippen molar-refractivity contribution in [1.82, 2.24) is 0 Å². The van der Waals surface area contributed by atoms with Crippen LogP contribution in [0.1, 0.15) is 64.9 Å². The second kappa shape index (κ2) is 7.89. The highest BCUT2D eigenvalue weighted by molar-refractivity contribution is 6.49. The first-order valence-corrected chi connectivity index (χ1v) is 14.0. The van der Waals surface area contributed by atoms with Gasteiger partial charge in [-0.3, -0.25) is 0 Å². The Kier molecular flexibility index (Phi) is 5.76. The predicted octanol–water partition coefficient (Wildman–Crippen LogP) is 6.41. The van der Waals surface area contributed by atoms with Gasteiger partial charge in [-0.25, -0.2) is 0 Å². The van der Waals surface area contributed by atoms with Gasteiger partial charge in [0.05, 0.1) is 6.10 Å². The van der Waals surface area contributed by atoms with Gasteiger partial charge < -0.3 is 9.53 Å². The van der Waals surface area contributed by atoms with Crippen molar-refractivity contribution in [3.8, 4) is 5.75 Å². The zero-order valence-electron chi connectivity index (χ0n) is 19.0. The van der Waals surface area contributed by atoms with Crippen LogP contribution in [0.4, 0.5) is 0 Å². The molecule has 0 amide bonds. The van der Waals surface area contributed by atoms with Gasteiger partial charge in [-0.1, -0.05) is 45.0 Å².